The smallest absolute Gasteiger partial charge is 0.165 e. The minimum absolute atomic E-state index is 0.0463. The summed E-state index contributed by atoms with van der Waals surface area (Å²) in [5.74, 6) is 0.777. The van der Waals surface area contributed by atoms with Gasteiger partial charge in [-0.25, -0.2) is 0 Å². The van der Waals surface area contributed by atoms with E-state index in [9.17, 15) is 9.90 Å². The molecule has 0 saturated heterocycles. The minimum Gasteiger partial charge on any atom is -0.454 e. The first-order chi connectivity index (χ1) is 15.7. The average Bonchev–Trinajstić information content (AvgIpc) is 3.20. The normalized spacial score (nSPS) is 13.8. The van der Waals surface area contributed by atoms with Gasteiger partial charge in [-0.05, 0) is 45.4 Å². The number of benzene rings is 1. The lowest BCUT2D eigenvalue weighted by Crippen LogP contribution is -2.23. The Morgan fingerprint density at radius 2 is 1.85 bits per heavy atom. The van der Waals surface area contributed by atoms with E-state index in [-0.39, 0.29) is 11.7 Å². The number of furan rings is 1. The molecule has 3 aromatic rings. The maximum absolute atomic E-state index is 12.3. The molecule has 1 aromatic carbocycles. The Morgan fingerprint density at radius 3 is 2.42 bits per heavy atom. The largest absolute Gasteiger partial charge is 0.454 e. The van der Waals surface area contributed by atoms with Crippen molar-refractivity contribution in [2.75, 3.05) is 0 Å². The topological polar surface area (TPSA) is 75.7 Å². The summed E-state index contributed by atoms with van der Waals surface area (Å²) in [5, 5.41) is 11.4. The molecule has 0 aliphatic heterocycles. The molecule has 0 unspecified atom stereocenters. The van der Waals surface area contributed by atoms with Gasteiger partial charge < -0.3 is 9.52 Å². The molecule has 3 rings (SSSR count). The van der Waals surface area contributed by atoms with Crippen LogP contribution in [0.5, 0.6) is 0 Å². The Bertz CT molecular complexity index is 1270. The molecule has 0 bridgehead atoms. The molecule has 0 amide bonds. The van der Waals surface area contributed by atoms with E-state index in [2.05, 4.69) is 23.0 Å². The zero-order chi connectivity index (χ0) is 24.2. The SMILES string of the molecule is CC=N/C(c1ccnc(C(C)(C)O)c1)=c1/oc(-c2ccc(C(=O)C(C)C)cc2)c/c1=C\CC. The summed E-state index contributed by atoms with van der Waals surface area (Å²) in [5.41, 5.74) is 3.20. The second-order valence-electron chi connectivity index (χ2n) is 8.83. The standard InChI is InChI=1S/C28H32N2O3/c1-7-9-22-16-23(19-10-12-20(13-11-19)26(31)18(3)4)33-27(22)25(29-8-2)21-14-15-30-24(17-21)28(5,6)32/h8-18,32H,7H2,1-6H3/b22-9+,27-25+,29-8?. The molecule has 0 radical (unpaired) electrons. The molecular weight excluding hydrogens is 412 g/mol. The summed E-state index contributed by atoms with van der Waals surface area (Å²) in [6.07, 6.45) is 6.33. The van der Waals surface area contributed by atoms with Crippen LogP contribution in [0.25, 0.3) is 23.1 Å². The maximum Gasteiger partial charge on any atom is 0.165 e. The second-order valence-corrected chi connectivity index (χ2v) is 8.83. The van der Waals surface area contributed by atoms with Gasteiger partial charge >= 0.3 is 0 Å². The molecule has 172 valence electrons. The summed E-state index contributed by atoms with van der Waals surface area (Å²) in [4.78, 5) is 21.2. The van der Waals surface area contributed by atoms with Gasteiger partial charge in [0.25, 0.3) is 0 Å². The molecule has 2 aromatic heterocycles. The average molecular weight is 445 g/mol. The predicted octanol–water partition coefficient (Wildman–Crippen LogP) is 4.85. The minimum atomic E-state index is -1.07. The Kier molecular flexibility index (Phi) is 7.44. The highest BCUT2D eigenvalue weighted by atomic mass is 16.3. The number of pyridine rings is 1. The Labute approximate surface area is 195 Å². The van der Waals surface area contributed by atoms with Crippen LogP contribution in [0.4, 0.5) is 0 Å². The van der Waals surface area contributed by atoms with Crippen LogP contribution in [0.2, 0.25) is 0 Å². The van der Waals surface area contributed by atoms with Crippen LogP contribution < -0.4 is 10.6 Å². The maximum atomic E-state index is 12.3. The number of Topliss-reactive ketones (excluding diaryl/α,β-unsaturated/α-hetero) is 1. The quantitative estimate of drug-likeness (QED) is 0.418. The third kappa shape index (κ3) is 5.55. The van der Waals surface area contributed by atoms with Crippen molar-refractivity contribution in [2.24, 2.45) is 10.9 Å². The molecule has 1 N–H and O–H groups in total. The van der Waals surface area contributed by atoms with Crippen molar-refractivity contribution in [2.45, 2.75) is 53.6 Å². The van der Waals surface area contributed by atoms with Gasteiger partial charge in [0.15, 0.2) is 11.2 Å². The molecular formula is C28H32N2O3. The van der Waals surface area contributed by atoms with Gasteiger partial charge in [0.1, 0.15) is 17.1 Å². The number of rotatable bonds is 7. The molecule has 0 spiro atoms. The number of aliphatic hydroxyl groups is 1. The van der Waals surface area contributed by atoms with Crippen molar-refractivity contribution in [3.63, 3.8) is 0 Å². The van der Waals surface area contributed by atoms with Crippen molar-refractivity contribution >= 4 is 23.8 Å². The van der Waals surface area contributed by atoms with E-state index in [1.807, 2.05) is 63.2 Å². The Morgan fingerprint density at radius 1 is 1.15 bits per heavy atom. The zero-order valence-electron chi connectivity index (χ0n) is 20.2. The van der Waals surface area contributed by atoms with E-state index in [1.165, 1.54) is 0 Å². The van der Waals surface area contributed by atoms with Gasteiger partial charge in [-0.1, -0.05) is 51.1 Å². The van der Waals surface area contributed by atoms with Gasteiger partial charge in [0.05, 0.1) is 5.69 Å². The Hall–Kier alpha value is -3.31. The van der Waals surface area contributed by atoms with E-state index in [0.717, 1.165) is 22.8 Å². The lowest BCUT2D eigenvalue weighted by Gasteiger charge is -2.17. The molecule has 0 aliphatic carbocycles. The van der Waals surface area contributed by atoms with E-state index in [4.69, 9.17) is 4.42 Å². The summed E-state index contributed by atoms with van der Waals surface area (Å²) in [7, 11) is 0. The van der Waals surface area contributed by atoms with Crippen molar-refractivity contribution in [1.29, 1.82) is 0 Å². The van der Waals surface area contributed by atoms with Crippen LogP contribution in [-0.2, 0) is 5.60 Å². The van der Waals surface area contributed by atoms with Crippen molar-refractivity contribution in [1.82, 2.24) is 4.98 Å². The van der Waals surface area contributed by atoms with E-state index >= 15 is 0 Å². The van der Waals surface area contributed by atoms with Crippen molar-refractivity contribution in [3.05, 3.63) is 76.1 Å². The number of ketones is 1. The first-order valence-electron chi connectivity index (χ1n) is 11.3. The van der Waals surface area contributed by atoms with Crippen molar-refractivity contribution < 1.29 is 14.3 Å². The van der Waals surface area contributed by atoms with Crippen LogP contribution in [0.3, 0.4) is 0 Å². The fourth-order valence-electron chi connectivity index (χ4n) is 3.54. The first-order valence-corrected chi connectivity index (χ1v) is 11.3. The summed E-state index contributed by atoms with van der Waals surface area (Å²) in [6.45, 7) is 11.1. The van der Waals surface area contributed by atoms with Gasteiger partial charge in [0.2, 0.25) is 0 Å². The first kappa shape index (κ1) is 24.3. The lowest BCUT2D eigenvalue weighted by atomic mass is 9.99. The molecule has 0 fully saturated rings. The van der Waals surface area contributed by atoms with Crippen LogP contribution in [0, 0.1) is 5.92 Å². The van der Waals surface area contributed by atoms with Crippen LogP contribution in [0.15, 0.2) is 58.1 Å². The highest BCUT2D eigenvalue weighted by molar-refractivity contribution is 5.97. The summed E-state index contributed by atoms with van der Waals surface area (Å²) in [6, 6.07) is 13.2. The highest BCUT2D eigenvalue weighted by Gasteiger charge is 2.19. The van der Waals surface area contributed by atoms with E-state index < -0.39 is 5.60 Å². The van der Waals surface area contributed by atoms with Crippen LogP contribution >= 0.6 is 0 Å². The number of hydrogen-bond acceptors (Lipinski definition) is 5. The number of hydrogen-bond donors (Lipinski definition) is 1. The molecule has 33 heavy (non-hydrogen) atoms. The lowest BCUT2D eigenvalue weighted by molar-refractivity contribution is 0.0738. The third-order valence-electron chi connectivity index (χ3n) is 5.30. The Balaban J connectivity index is 2.21. The summed E-state index contributed by atoms with van der Waals surface area (Å²) >= 11 is 0. The monoisotopic (exact) mass is 444 g/mol. The predicted molar refractivity (Wildman–Crippen MR) is 133 cm³/mol. The van der Waals surface area contributed by atoms with E-state index in [1.54, 1.807) is 26.3 Å². The fourth-order valence-corrected chi connectivity index (χ4v) is 3.54. The van der Waals surface area contributed by atoms with E-state index in [0.29, 0.717) is 28.1 Å². The van der Waals surface area contributed by atoms with Gasteiger partial charge in [-0.3, -0.25) is 14.8 Å². The number of carbonyl (C=O) groups is 1. The molecule has 5 nitrogen and oxygen atoms in total. The molecule has 5 heteroatoms. The van der Waals surface area contributed by atoms with Crippen molar-refractivity contribution in [3.8, 4) is 11.3 Å². The highest BCUT2D eigenvalue weighted by Crippen LogP contribution is 2.23. The number of aliphatic imine (C=N–C) groups is 1. The number of aromatic nitrogens is 1. The van der Waals surface area contributed by atoms with Gasteiger partial charge in [-0.15, -0.1) is 0 Å². The third-order valence-corrected chi connectivity index (χ3v) is 5.30. The fraction of sp³-hybridized carbons (Fsp3) is 0.321. The van der Waals surface area contributed by atoms with Gasteiger partial charge in [-0.2, -0.15) is 0 Å². The molecule has 2 heterocycles. The number of carbonyl (C=O) groups excluding carboxylic acids is 1. The van der Waals surface area contributed by atoms with Crippen LogP contribution in [0.1, 0.15) is 69.6 Å². The molecule has 0 aliphatic rings. The molecule has 0 saturated carbocycles. The molecule has 0 atom stereocenters. The second kappa shape index (κ2) is 10.1. The van der Waals surface area contributed by atoms with Gasteiger partial charge in [0, 0.05) is 40.2 Å². The summed E-state index contributed by atoms with van der Waals surface area (Å²) < 4.78 is 6.35. The van der Waals surface area contributed by atoms with Crippen LogP contribution in [-0.4, -0.2) is 22.1 Å². The number of nitrogens with zero attached hydrogens (tertiary/aromatic N) is 2. The zero-order valence-corrected chi connectivity index (χ0v) is 20.2.